The zero-order valence-electron chi connectivity index (χ0n) is 16.0. The first-order valence-electron chi connectivity index (χ1n) is 9.06. The summed E-state index contributed by atoms with van der Waals surface area (Å²) in [4.78, 5) is 24.7. The number of pyridine rings is 1. The zero-order chi connectivity index (χ0) is 19.7. The van der Waals surface area contributed by atoms with E-state index < -0.39 is 0 Å². The Hall–Kier alpha value is -3.29. The first kappa shape index (κ1) is 18.1. The number of rotatable bonds is 6. The van der Waals surface area contributed by atoms with E-state index in [0.717, 1.165) is 17.9 Å². The number of aryl methyl sites for hydroxylation is 2. The fourth-order valence-corrected chi connectivity index (χ4v) is 3.09. The molecule has 144 valence electrons. The second kappa shape index (κ2) is 7.38. The Morgan fingerprint density at radius 1 is 1.18 bits per heavy atom. The molecule has 1 saturated carbocycles. The maximum Gasteiger partial charge on any atom is 0.266 e. The zero-order valence-corrected chi connectivity index (χ0v) is 16.0. The second-order valence-electron chi connectivity index (χ2n) is 6.85. The van der Waals surface area contributed by atoms with Gasteiger partial charge in [0.05, 0.1) is 31.2 Å². The summed E-state index contributed by atoms with van der Waals surface area (Å²) in [7, 11) is 3.24. The van der Waals surface area contributed by atoms with Gasteiger partial charge in [0.25, 0.3) is 5.56 Å². The van der Waals surface area contributed by atoms with Gasteiger partial charge in [0, 0.05) is 36.8 Å². The molecular weight excluding hydrogens is 358 g/mol. The standard InChI is InChI=1S/C20H21N5O3/c1-12-21-10-16(18-6-7-19(26)25(2)24-18)20(23-12)28-11-13-8-15(13)17-5-4-14(27-3)9-22-17/h4-7,9-10,13,15H,8,11H2,1-3H3/t13-,15+/m1/s1. The minimum absolute atomic E-state index is 0.174. The molecule has 8 nitrogen and oxygen atoms in total. The van der Waals surface area contributed by atoms with Crippen molar-refractivity contribution in [3.8, 4) is 22.9 Å². The van der Waals surface area contributed by atoms with Crippen LogP contribution < -0.4 is 15.0 Å². The van der Waals surface area contributed by atoms with E-state index in [2.05, 4.69) is 20.1 Å². The molecule has 0 radical (unpaired) electrons. The summed E-state index contributed by atoms with van der Waals surface area (Å²) >= 11 is 0. The van der Waals surface area contributed by atoms with Gasteiger partial charge in [-0.25, -0.2) is 9.67 Å². The minimum Gasteiger partial charge on any atom is -0.495 e. The average molecular weight is 379 g/mol. The molecule has 2 atom stereocenters. The van der Waals surface area contributed by atoms with Gasteiger partial charge in [0.2, 0.25) is 5.88 Å². The number of methoxy groups -OCH3 is 1. The van der Waals surface area contributed by atoms with E-state index >= 15 is 0 Å². The molecule has 1 aliphatic rings. The fraction of sp³-hybridized carbons (Fsp3) is 0.350. The predicted molar refractivity (Wildman–Crippen MR) is 102 cm³/mol. The average Bonchev–Trinajstić information content (AvgIpc) is 3.48. The van der Waals surface area contributed by atoms with Gasteiger partial charge in [0.15, 0.2) is 0 Å². The van der Waals surface area contributed by atoms with E-state index in [0.29, 0.717) is 41.4 Å². The van der Waals surface area contributed by atoms with Crippen molar-refractivity contribution in [1.29, 1.82) is 0 Å². The van der Waals surface area contributed by atoms with Crippen molar-refractivity contribution in [2.24, 2.45) is 13.0 Å². The molecule has 1 fully saturated rings. The summed E-state index contributed by atoms with van der Waals surface area (Å²) in [6, 6.07) is 7.05. The highest BCUT2D eigenvalue weighted by Gasteiger charge is 2.40. The van der Waals surface area contributed by atoms with Crippen molar-refractivity contribution >= 4 is 0 Å². The van der Waals surface area contributed by atoms with Gasteiger partial charge in [-0.05, 0) is 31.5 Å². The van der Waals surface area contributed by atoms with Crippen molar-refractivity contribution in [2.45, 2.75) is 19.3 Å². The molecule has 3 aromatic rings. The highest BCUT2D eigenvalue weighted by molar-refractivity contribution is 5.63. The number of hydrogen-bond donors (Lipinski definition) is 0. The molecular formula is C20H21N5O3. The lowest BCUT2D eigenvalue weighted by atomic mass is 10.2. The Balaban J connectivity index is 1.48. The van der Waals surface area contributed by atoms with Crippen LogP contribution in [0.25, 0.3) is 11.3 Å². The van der Waals surface area contributed by atoms with Crippen LogP contribution in [-0.4, -0.2) is 38.4 Å². The van der Waals surface area contributed by atoms with E-state index in [1.165, 1.54) is 10.7 Å². The van der Waals surface area contributed by atoms with Gasteiger partial charge >= 0.3 is 0 Å². The number of nitrogens with zero attached hydrogens (tertiary/aromatic N) is 5. The molecule has 0 aliphatic heterocycles. The van der Waals surface area contributed by atoms with Crippen LogP contribution in [-0.2, 0) is 7.05 Å². The Morgan fingerprint density at radius 3 is 2.75 bits per heavy atom. The van der Waals surface area contributed by atoms with E-state index in [1.54, 1.807) is 32.6 Å². The highest BCUT2D eigenvalue weighted by Crippen LogP contribution is 2.47. The van der Waals surface area contributed by atoms with E-state index in [9.17, 15) is 4.79 Å². The Kier molecular flexibility index (Phi) is 4.77. The van der Waals surface area contributed by atoms with Crippen LogP contribution in [0.2, 0.25) is 0 Å². The number of hydrogen-bond acceptors (Lipinski definition) is 7. The topological polar surface area (TPSA) is 92.0 Å². The van der Waals surface area contributed by atoms with E-state index in [4.69, 9.17) is 9.47 Å². The first-order chi connectivity index (χ1) is 13.5. The summed E-state index contributed by atoms with van der Waals surface area (Å²) in [6.45, 7) is 2.35. The van der Waals surface area contributed by atoms with Crippen molar-refractivity contribution in [3.05, 3.63) is 58.5 Å². The number of aromatic nitrogens is 5. The summed E-state index contributed by atoms with van der Waals surface area (Å²) < 4.78 is 12.5. The SMILES string of the molecule is COc1ccc([C@H]2C[C@@H]2COc2nc(C)ncc2-c2ccc(=O)n(C)n2)nc1. The van der Waals surface area contributed by atoms with Gasteiger partial charge in [-0.2, -0.15) is 10.1 Å². The number of ether oxygens (including phenoxy) is 2. The molecule has 1 aliphatic carbocycles. The second-order valence-corrected chi connectivity index (χ2v) is 6.85. The molecule has 0 N–H and O–H groups in total. The van der Waals surface area contributed by atoms with Crippen LogP contribution in [0.5, 0.6) is 11.6 Å². The van der Waals surface area contributed by atoms with Crippen molar-refractivity contribution in [2.75, 3.05) is 13.7 Å². The van der Waals surface area contributed by atoms with Crippen molar-refractivity contribution < 1.29 is 9.47 Å². The third-order valence-corrected chi connectivity index (χ3v) is 4.84. The molecule has 0 spiro atoms. The van der Waals surface area contributed by atoms with Crippen LogP contribution >= 0.6 is 0 Å². The molecule has 0 unspecified atom stereocenters. The summed E-state index contributed by atoms with van der Waals surface area (Å²) in [5.41, 5.74) is 2.14. The Labute approximate surface area is 162 Å². The molecule has 28 heavy (non-hydrogen) atoms. The minimum atomic E-state index is -0.174. The first-order valence-corrected chi connectivity index (χ1v) is 9.06. The quantitative estimate of drug-likeness (QED) is 0.648. The monoisotopic (exact) mass is 379 g/mol. The Bertz CT molecular complexity index is 1050. The van der Waals surface area contributed by atoms with E-state index in [-0.39, 0.29) is 5.56 Å². The van der Waals surface area contributed by atoms with Gasteiger partial charge in [-0.15, -0.1) is 0 Å². The van der Waals surface area contributed by atoms with Gasteiger partial charge < -0.3 is 9.47 Å². The largest absolute Gasteiger partial charge is 0.495 e. The lowest BCUT2D eigenvalue weighted by Crippen LogP contribution is -2.18. The smallest absolute Gasteiger partial charge is 0.266 e. The van der Waals surface area contributed by atoms with Gasteiger partial charge in [-0.1, -0.05) is 0 Å². The lowest BCUT2D eigenvalue weighted by Gasteiger charge is -2.11. The molecule has 0 saturated heterocycles. The molecule has 3 aromatic heterocycles. The molecule has 0 aromatic carbocycles. The third-order valence-electron chi connectivity index (χ3n) is 4.84. The summed E-state index contributed by atoms with van der Waals surface area (Å²) in [5.74, 6) is 2.62. The van der Waals surface area contributed by atoms with Crippen molar-refractivity contribution in [3.63, 3.8) is 0 Å². The maximum absolute atomic E-state index is 11.6. The molecule has 0 amide bonds. The van der Waals surface area contributed by atoms with Crippen LogP contribution in [0.4, 0.5) is 0 Å². The van der Waals surface area contributed by atoms with Crippen LogP contribution in [0, 0.1) is 12.8 Å². The molecule has 3 heterocycles. The van der Waals surface area contributed by atoms with Crippen molar-refractivity contribution in [1.82, 2.24) is 24.7 Å². The molecule has 8 heteroatoms. The molecule has 4 rings (SSSR count). The molecule has 0 bridgehead atoms. The van der Waals surface area contributed by atoms with Gasteiger partial charge in [0.1, 0.15) is 11.6 Å². The fourth-order valence-electron chi connectivity index (χ4n) is 3.09. The summed E-state index contributed by atoms with van der Waals surface area (Å²) in [5, 5.41) is 4.28. The third kappa shape index (κ3) is 3.71. The van der Waals surface area contributed by atoms with Crippen LogP contribution in [0.1, 0.15) is 23.9 Å². The predicted octanol–water partition coefficient (Wildman–Crippen LogP) is 2.13. The summed E-state index contributed by atoms with van der Waals surface area (Å²) in [6.07, 6.45) is 4.44. The Morgan fingerprint density at radius 2 is 2.04 bits per heavy atom. The maximum atomic E-state index is 11.6. The highest BCUT2D eigenvalue weighted by atomic mass is 16.5. The normalized spacial score (nSPS) is 18.0. The van der Waals surface area contributed by atoms with Crippen LogP contribution in [0.3, 0.4) is 0 Å². The van der Waals surface area contributed by atoms with E-state index in [1.807, 2.05) is 19.1 Å². The van der Waals surface area contributed by atoms with Crippen LogP contribution in [0.15, 0.2) is 41.5 Å². The lowest BCUT2D eigenvalue weighted by molar-refractivity contribution is 0.285. The van der Waals surface area contributed by atoms with Gasteiger partial charge in [-0.3, -0.25) is 9.78 Å².